The molecule has 0 saturated heterocycles. The summed E-state index contributed by atoms with van der Waals surface area (Å²) < 4.78 is 5.01. The normalized spacial score (nSPS) is 11.2. The van der Waals surface area contributed by atoms with Crippen LogP contribution in [0.25, 0.3) is 63.1 Å². The van der Waals surface area contributed by atoms with Crippen LogP contribution in [0.2, 0.25) is 0 Å². The van der Waals surface area contributed by atoms with Gasteiger partial charge in [-0.2, -0.15) is 11.4 Å². The molecule has 41 heavy (non-hydrogen) atoms. The Bertz CT molecular complexity index is 2020. The molecule has 0 aliphatic rings. The molecule has 0 fully saturated rings. The van der Waals surface area contributed by atoms with Gasteiger partial charge in [-0.1, -0.05) is 61.4 Å². The van der Waals surface area contributed by atoms with Crippen LogP contribution in [0.15, 0.2) is 85.2 Å². The van der Waals surface area contributed by atoms with Crippen LogP contribution in [0.5, 0.6) is 0 Å². The van der Waals surface area contributed by atoms with E-state index in [2.05, 4.69) is 84.5 Å². The second kappa shape index (κ2) is 11.0. The summed E-state index contributed by atoms with van der Waals surface area (Å²) in [6.45, 7) is 8.33. The van der Waals surface area contributed by atoms with Gasteiger partial charge in [0.25, 0.3) is 0 Å². The van der Waals surface area contributed by atoms with Gasteiger partial charge in [0.2, 0.25) is 0 Å². The number of aromatic nitrogens is 4. The van der Waals surface area contributed by atoms with Crippen molar-refractivity contribution in [1.82, 2.24) is 19.9 Å². The van der Waals surface area contributed by atoms with E-state index in [1.54, 1.807) is 22.7 Å². The largest absolute Gasteiger partial charge is 2.00 e. The average molecular weight is 620 g/mol. The molecule has 0 saturated carbocycles. The van der Waals surface area contributed by atoms with Crippen LogP contribution < -0.4 is 9.97 Å². The van der Waals surface area contributed by atoms with E-state index in [9.17, 15) is 0 Å². The molecule has 2 aromatic carbocycles. The van der Waals surface area contributed by atoms with Gasteiger partial charge >= 0.3 is 19.5 Å². The maximum atomic E-state index is 4.69. The zero-order chi connectivity index (χ0) is 27.4. The Morgan fingerprint density at radius 3 is 1.34 bits per heavy atom. The van der Waals surface area contributed by atoms with Gasteiger partial charge in [-0.3, -0.25) is 9.97 Å². The van der Waals surface area contributed by atoms with Crippen molar-refractivity contribution in [2.75, 3.05) is 0 Å². The standard InChI is InChI=1S/2C17H13N2S.Zn/c2*1-10-9-11(2)19-16(10)12-5-3-6-13-15(12)17-14(20-13)7-4-8-18-17;/h2*3-9H,1-2H3;/q2*-1;+2. The molecule has 0 spiro atoms. The van der Waals surface area contributed by atoms with E-state index in [-0.39, 0.29) is 19.5 Å². The monoisotopic (exact) mass is 618 g/mol. The summed E-state index contributed by atoms with van der Waals surface area (Å²) in [5.74, 6) is 0. The second-order valence-electron chi connectivity index (χ2n) is 10.1. The minimum atomic E-state index is 0. The topological polar surface area (TPSA) is 54.0 Å². The average Bonchev–Trinajstić information content (AvgIpc) is 3.70. The predicted octanol–water partition coefficient (Wildman–Crippen LogP) is 9.38. The van der Waals surface area contributed by atoms with E-state index in [0.717, 1.165) is 33.8 Å². The maximum Gasteiger partial charge on any atom is 2.00 e. The first-order valence-corrected chi connectivity index (χ1v) is 14.9. The minimum Gasteiger partial charge on any atom is -0.661 e. The molecule has 0 radical (unpaired) electrons. The summed E-state index contributed by atoms with van der Waals surface area (Å²) in [7, 11) is 0. The van der Waals surface area contributed by atoms with E-state index >= 15 is 0 Å². The summed E-state index contributed by atoms with van der Waals surface area (Å²) in [6.07, 6.45) is 3.73. The Balaban J connectivity index is 0.000000144. The maximum absolute atomic E-state index is 4.69. The third kappa shape index (κ3) is 4.82. The van der Waals surface area contributed by atoms with E-state index in [0.29, 0.717) is 0 Å². The molecule has 0 atom stereocenters. The molecule has 0 N–H and O–H groups in total. The SMILES string of the molecule is Cc1cc(C)c(-c2cccc3sc4cccnc4c23)[n-]1.Cc1cc(C)c(-c2cccc3sc4cccnc4c23)[n-]1.[Zn+2]. The van der Waals surface area contributed by atoms with Crippen molar-refractivity contribution in [3.8, 4) is 22.5 Å². The molecule has 7 heteroatoms. The van der Waals surface area contributed by atoms with Crippen molar-refractivity contribution in [1.29, 1.82) is 0 Å². The van der Waals surface area contributed by atoms with Crippen molar-refractivity contribution in [2.24, 2.45) is 0 Å². The van der Waals surface area contributed by atoms with Crippen LogP contribution in [0.4, 0.5) is 0 Å². The molecular weight excluding hydrogens is 594 g/mol. The van der Waals surface area contributed by atoms with E-state index < -0.39 is 0 Å². The third-order valence-corrected chi connectivity index (χ3v) is 9.41. The molecule has 0 amide bonds. The Morgan fingerprint density at radius 1 is 0.537 bits per heavy atom. The number of hydrogen-bond donors (Lipinski definition) is 0. The first-order chi connectivity index (χ1) is 19.5. The Kier molecular flexibility index (Phi) is 7.37. The molecule has 6 heterocycles. The molecule has 8 aromatic rings. The van der Waals surface area contributed by atoms with Gasteiger partial charge in [-0.25, -0.2) is 0 Å². The molecule has 0 aliphatic heterocycles. The van der Waals surface area contributed by atoms with E-state index in [1.807, 2.05) is 38.4 Å². The molecule has 0 bridgehead atoms. The van der Waals surface area contributed by atoms with Crippen LogP contribution in [0.1, 0.15) is 22.5 Å². The Labute approximate surface area is 259 Å². The van der Waals surface area contributed by atoms with Crippen LogP contribution in [0.3, 0.4) is 0 Å². The first kappa shape index (κ1) is 27.5. The van der Waals surface area contributed by atoms with Crippen LogP contribution >= 0.6 is 22.7 Å². The number of pyridine rings is 2. The molecule has 6 aromatic heterocycles. The molecule has 196 valence electrons. The summed E-state index contributed by atoms with van der Waals surface area (Å²) in [5.41, 5.74) is 11.3. The smallest absolute Gasteiger partial charge is 0.661 e. The van der Waals surface area contributed by atoms with E-state index in [4.69, 9.17) is 9.97 Å². The van der Waals surface area contributed by atoms with Crippen LogP contribution in [-0.4, -0.2) is 9.97 Å². The first-order valence-electron chi connectivity index (χ1n) is 13.2. The summed E-state index contributed by atoms with van der Waals surface area (Å²) in [6, 6.07) is 25.4. The fourth-order valence-electron chi connectivity index (χ4n) is 5.58. The fraction of sp³-hybridized carbons (Fsp3) is 0.118. The Hall–Kier alpha value is -3.64. The van der Waals surface area contributed by atoms with E-state index in [1.165, 1.54) is 51.8 Å². The third-order valence-electron chi connectivity index (χ3n) is 7.19. The number of hydrogen-bond acceptors (Lipinski definition) is 4. The number of rotatable bonds is 2. The molecular formula is C34H26N4S2Zn. The molecule has 4 nitrogen and oxygen atoms in total. The zero-order valence-electron chi connectivity index (χ0n) is 23.4. The van der Waals surface area contributed by atoms with Gasteiger partial charge in [0.1, 0.15) is 0 Å². The minimum absolute atomic E-state index is 0. The van der Waals surface area contributed by atoms with Crippen molar-refractivity contribution in [3.05, 3.63) is 108 Å². The number of fused-ring (bicyclic) bond motifs is 6. The Morgan fingerprint density at radius 2 is 0.951 bits per heavy atom. The summed E-state index contributed by atoms with van der Waals surface area (Å²) >= 11 is 3.59. The van der Waals surface area contributed by atoms with Gasteiger partial charge in [-0.05, 0) is 61.4 Å². The van der Waals surface area contributed by atoms with Gasteiger partial charge < -0.3 is 9.97 Å². The fourth-order valence-corrected chi connectivity index (χ4v) is 7.76. The predicted molar refractivity (Wildman–Crippen MR) is 171 cm³/mol. The van der Waals surface area contributed by atoms with Gasteiger partial charge in [-0.15, -0.1) is 34.1 Å². The number of benzene rings is 2. The quantitative estimate of drug-likeness (QED) is 0.181. The van der Waals surface area contributed by atoms with Crippen LogP contribution in [0, 0.1) is 27.7 Å². The molecule has 0 aliphatic carbocycles. The van der Waals surface area contributed by atoms with Gasteiger partial charge in [0, 0.05) is 32.6 Å². The van der Waals surface area contributed by atoms with Crippen molar-refractivity contribution in [2.45, 2.75) is 27.7 Å². The molecule has 8 rings (SSSR count). The number of nitrogens with zero attached hydrogens (tertiary/aromatic N) is 4. The molecule has 0 unspecified atom stereocenters. The van der Waals surface area contributed by atoms with Crippen molar-refractivity contribution >= 4 is 63.3 Å². The van der Waals surface area contributed by atoms with Gasteiger partial charge in [0.15, 0.2) is 0 Å². The zero-order valence-corrected chi connectivity index (χ0v) is 28.0. The van der Waals surface area contributed by atoms with Crippen molar-refractivity contribution in [3.63, 3.8) is 0 Å². The second-order valence-corrected chi connectivity index (χ2v) is 12.3. The van der Waals surface area contributed by atoms with Gasteiger partial charge in [0.05, 0.1) is 20.4 Å². The van der Waals surface area contributed by atoms with Crippen molar-refractivity contribution < 1.29 is 19.5 Å². The number of aryl methyl sites for hydroxylation is 4. The van der Waals surface area contributed by atoms with Crippen LogP contribution in [-0.2, 0) is 19.5 Å². The number of thiophene rings is 2. The summed E-state index contributed by atoms with van der Waals surface area (Å²) in [4.78, 5) is 18.5. The summed E-state index contributed by atoms with van der Waals surface area (Å²) in [5, 5.41) is 2.46.